The summed E-state index contributed by atoms with van der Waals surface area (Å²) in [5.41, 5.74) is -0.696. The number of carboxylic acids is 1. The van der Waals surface area contributed by atoms with E-state index in [1.807, 2.05) is 0 Å². The number of nitrogens with zero attached hydrogens (tertiary/aromatic N) is 2. The molecule has 1 aromatic rings. The number of hydrogen-bond acceptors (Lipinski definition) is 5. The van der Waals surface area contributed by atoms with Crippen LogP contribution in [0.15, 0.2) is 4.52 Å². The first-order valence-corrected chi connectivity index (χ1v) is 8.44. The number of carboxylic acid groups (broad SMARTS) is 1. The van der Waals surface area contributed by atoms with E-state index >= 15 is 0 Å². The van der Waals surface area contributed by atoms with Crippen molar-refractivity contribution in [1.29, 1.82) is 0 Å². The highest BCUT2D eigenvalue weighted by Crippen LogP contribution is 2.39. The molecule has 6 heteroatoms. The number of aliphatic carboxylic acids is 1. The van der Waals surface area contributed by atoms with Crippen molar-refractivity contribution >= 4 is 17.7 Å². The van der Waals surface area contributed by atoms with Gasteiger partial charge in [-0.25, -0.2) is 0 Å². The summed E-state index contributed by atoms with van der Waals surface area (Å²) in [6.07, 6.45) is 5.98. The van der Waals surface area contributed by atoms with Crippen molar-refractivity contribution in [1.82, 2.24) is 10.1 Å². The topological polar surface area (TPSA) is 76.2 Å². The average Bonchev–Trinajstić information content (AvgIpc) is 2.87. The van der Waals surface area contributed by atoms with Crippen molar-refractivity contribution in [3.8, 4) is 0 Å². The molecule has 0 bridgehead atoms. The second-order valence-electron chi connectivity index (χ2n) is 5.48. The Morgan fingerprint density at radius 2 is 2.15 bits per heavy atom. The van der Waals surface area contributed by atoms with Crippen molar-refractivity contribution in [2.75, 3.05) is 5.75 Å². The van der Waals surface area contributed by atoms with Crippen LogP contribution in [-0.2, 0) is 17.0 Å². The van der Waals surface area contributed by atoms with E-state index in [9.17, 15) is 9.90 Å². The van der Waals surface area contributed by atoms with Gasteiger partial charge in [0.25, 0.3) is 0 Å². The van der Waals surface area contributed by atoms with Gasteiger partial charge >= 0.3 is 5.97 Å². The van der Waals surface area contributed by atoms with Crippen LogP contribution in [0.5, 0.6) is 0 Å². The van der Waals surface area contributed by atoms with Crippen LogP contribution in [0.2, 0.25) is 0 Å². The number of thioether (sulfide) groups is 1. The standard InChI is InChI=1S/C14H22N2O3S/c1-2-8-20-10-11-15-12(19-16-11)9-14(13(17)18)6-4-3-5-7-14/h2-10H2,1H3,(H,17,18). The third kappa shape index (κ3) is 3.75. The molecule has 1 saturated carbocycles. The van der Waals surface area contributed by atoms with Gasteiger partial charge in [-0.1, -0.05) is 31.3 Å². The highest BCUT2D eigenvalue weighted by Gasteiger charge is 2.41. The summed E-state index contributed by atoms with van der Waals surface area (Å²) in [7, 11) is 0. The van der Waals surface area contributed by atoms with Crippen molar-refractivity contribution < 1.29 is 14.4 Å². The van der Waals surface area contributed by atoms with Gasteiger partial charge in [0.05, 0.1) is 11.2 Å². The molecule has 2 rings (SSSR count). The molecule has 0 spiro atoms. The summed E-state index contributed by atoms with van der Waals surface area (Å²) in [6.45, 7) is 2.13. The Balaban J connectivity index is 1.98. The summed E-state index contributed by atoms with van der Waals surface area (Å²) < 4.78 is 5.24. The molecule has 1 aromatic heterocycles. The number of aromatic nitrogens is 2. The Labute approximate surface area is 123 Å². The van der Waals surface area contributed by atoms with E-state index in [-0.39, 0.29) is 0 Å². The molecule has 112 valence electrons. The number of carbonyl (C=O) groups is 1. The second-order valence-corrected chi connectivity index (χ2v) is 6.59. The Bertz CT molecular complexity index is 441. The lowest BCUT2D eigenvalue weighted by Crippen LogP contribution is -2.35. The zero-order chi connectivity index (χ0) is 14.4. The Morgan fingerprint density at radius 3 is 2.80 bits per heavy atom. The van der Waals surface area contributed by atoms with Gasteiger partial charge in [-0.2, -0.15) is 16.7 Å². The predicted molar refractivity (Wildman–Crippen MR) is 77.6 cm³/mol. The second kappa shape index (κ2) is 7.11. The minimum Gasteiger partial charge on any atom is -0.481 e. The smallest absolute Gasteiger partial charge is 0.310 e. The summed E-state index contributed by atoms with van der Waals surface area (Å²) in [5.74, 6) is 2.23. The summed E-state index contributed by atoms with van der Waals surface area (Å²) in [5, 5.41) is 13.5. The molecular weight excluding hydrogens is 276 g/mol. The van der Waals surface area contributed by atoms with E-state index in [0.29, 0.717) is 31.0 Å². The van der Waals surface area contributed by atoms with Crippen LogP contribution >= 0.6 is 11.8 Å². The summed E-state index contributed by atoms with van der Waals surface area (Å²) in [4.78, 5) is 15.9. The van der Waals surface area contributed by atoms with Crippen LogP contribution in [0.25, 0.3) is 0 Å². The monoisotopic (exact) mass is 298 g/mol. The molecule has 0 aliphatic heterocycles. The first-order valence-electron chi connectivity index (χ1n) is 7.29. The van der Waals surface area contributed by atoms with Gasteiger partial charge in [0.1, 0.15) is 0 Å². The molecule has 1 fully saturated rings. The molecular formula is C14H22N2O3S. The molecule has 1 heterocycles. The van der Waals surface area contributed by atoms with E-state index in [0.717, 1.165) is 37.2 Å². The van der Waals surface area contributed by atoms with Gasteiger partial charge in [0.2, 0.25) is 5.89 Å². The fraction of sp³-hybridized carbons (Fsp3) is 0.786. The Morgan fingerprint density at radius 1 is 1.40 bits per heavy atom. The third-order valence-corrected chi connectivity index (χ3v) is 5.00. The van der Waals surface area contributed by atoms with Gasteiger partial charge < -0.3 is 9.63 Å². The normalized spacial score (nSPS) is 18.1. The Kier molecular flexibility index (Phi) is 5.46. The third-order valence-electron chi connectivity index (χ3n) is 3.84. The van der Waals surface area contributed by atoms with Gasteiger partial charge in [-0.3, -0.25) is 4.79 Å². The number of hydrogen-bond donors (Lipinski definition) is 1. The van der Waals surface area contributed by atoms with E-state index in [4.69, 9.17) is 4.52 Å². The molecule has 0 unspecified atom stereocenters. The van der Waals surface area contributed by atoms with Gasteiger partial charge in [-0.15, -0.1) is 0 Å². The first kappa shape index (κ1) is 15.4. The van der Waals surface area contributed by atoms with Crippen molar-refractivity contribution in [2.45, 2.75) is 57.6 Å². The van der Waals surface area contributed by atoms with Crippen LogP contribution in [0.1, 0.15) is 57.2 Å². The summed E-state index contributed by atoms with van der Waals surface area (Å²) in [6, 6.07) is 0. The van der Waals surface area contributed by atoms with Crippen LogP contribution in [-0.4, -0.2) is 27.0 Å². The average molecular weight is 298 g/mol. The van der Waals surface area contributed by atoms with Gasteiger partial charge in [0, 0.05) is 6.42 Å². The predicted octanol–water partition coefficient (Wildman–Crippen LogP) is 3.29. The lowest BCUT2D eigenvalue weighted by atomic mass is 9.72. The zero-order valence-corrected chi connectivity index (χ0v) is 12.7. The quantitative estimate of drug-likeness (QED) is 0.778. The molecule has 0 radical (unpaired) electrons. The highest BCUT2D eigenvalue weighted by atomic mass is 32.2. The molecule has 0 atom stereocenters. The lowest BCUT2D eigenvalue weighted by molar-refractivity contribution is -0.151. The molecule has 1 N–H and O–H groups in total. The van der Waals surface area contributed by atoms with E-state index in [1.54, 1.807) is 11.8 Å². The van der Waals surface area contributed by atoms with Crippen molar-refractivity contribution in [2.24, 2.45) is 5.41 Å². The van der Waals surface area contributed by atoms with Crippen LogP contribution < -0.4 is 0 Å². The zero-order valence-electron chi connectivity index (χ0n) is 11.9. The van der Waals surface area contributed by atoms with Crippen LogP contribution in [0.4, 0.5) is 0 Å². The molecule has 0 saturated heterocycles. The molecule has 1 aliphatic rings. The number of rotatable bonds is 7. The molecule has 0 amide bonds. The molecule has 0 aromatic carbocycles. The van der Waals surface area contributed by atoms with E-state index < -0.39 is 11.4 Å². The van der Waals surface area contributed by atoms with Crippen LogP contribution in [0.3, 0.4) is 0 Å². The maximum Gasteiger partial charge on any atom is 0.310 e. The minimum absolute atomic E-state index is 0.369. The largest absolute Gasteiger partial charge is 0.481 e. The van der Waals surface area contributed by atoms with E-state index in [1.165, 1.54) is 0 Å². The fourth-order valence-electron chi connectivity index (χ4n) is 2.71. The molecule has 1 aliphatic carbocycles. The Hall–Kier alpha value is -1.04. The lowest BCUT2D eigenvalue weighted by Gasteiger charge is -2.31. The fourth-order valence-corrected chi connectivity index (χ4v) is 3.45. The summed E-state index contributed by atoms with van der Waals surface area (Å²) >= 11 is 1.77. The molecule has 5 nitrogen and oxygen atoms in total. The minimum atomic E-state index is -0.725. The van der Waals surface area contributed by atoms with Crippen molar-refractivity contribution in [3.05, 3.63) is 11.7 Å². The SMILES string of the molecule is CCCSCc1noc(CC2(C(=O)O)CCCCC2)n1. The van der Waals surface area contributed by atoms with E-state index in [2.05, 4.69) is 17.1 Å². The van der Waals surface area contributed by atoms with Gasteiger partial charge in [-0.05, 0) is 25.0 Å². The molecule has 20 heavy (non-hydrogen) atoms. The van der Waals surface area contributed by atoms with Crippen molar-refractivity contribution in [3.63, 3.8) is 0 Å². The first-order chi connectivity index (χ1) is 9.66. The highest BCUT2D eigenvalue weighted by molar-refractivity contribution is 7.98. The maximum absolute atomic E-state index is 11.6. The maximum atomic E-state index is 11.6. The van der Waals surface area contributed by atoms with Gasteiger partial charge in [0.15, 0.2) is 5.82 Å². The van der Waals surface area contributed by atoms with Crippen LogP contribution in [0, 0.1) is 5.41 Å².